The number of fused-ring (bicyclic) bond motifs is 13. The lowest BCUT2D eigenvalue weighted by atomic mass is 9.63. The third-order valence-corrected chi connectivity index (χ3v) is 15.3. The first-order valence-corrected chi connectivity index (χ1v) is 24.2. The molecule has 0 atom stereocenters. The van der Waals surface area contributed by atoms with Crippen LogP contribution in [0.5, 0.6) is 0 Å². The molecule has 6 nitrogen and oxygen atoms in total. The highest BCUT2D eigenvalue weighted by Crippen LogP contribution is 2.51. The SMILES string of the molecule is CC1(C)CCC(C)(C)c2cc3c(cc21)c1c2c4c5ccccc5ccc4n(-c4ccccc4)c2ccc1n3-c1nc(-c2ccccc2)nc(-c2ccc3c(c2)c2ccccc2n3-c2ccccc2)n1. The van der Waals surface area contributed by atoms with Crippen molar-refractivity contribution in [2.45, 2.75) is 51.4 Å². The summed E-state index contributed by atoms with van der Waals surface area (Å²) in [7, 11) is 0. The van der Waals surface area contributed by atoms with Gasteiger partial charge >= 0.3 is 0 Å². The van der Waals surface area contributed by atoms with Crippen LogP contribution in [-0.4, -0.2) is 28.7 Å². The smallest absolute Gasteiger partial charge is 0.238 e. The van der Waals surface area contributed by atoms with Crippen molar-refractivity contribution in [1.29, 1.82) is 0 Å². The van der Waals surface area contributed by atoms with E-state index in [4.69, 9.17) is 15.0 Å². The normalized spacial score (nSPS) is 14.5. The van der Waals surface area contributed by atoms with Crippen molar-refractivity contribution in [3.05, 3.63) is 205 Å². The van der Waals surface area contributed by atoms with Crippen molar-refractivity contribution in [2.24, 2.45) is 0 Å². The highest BCUT2D eigenvalue weighted by atomic mass is 15.2. The van der Waals surface area contributed by atoms with Crippen molar-refractivity contribution in [3.8, 4) is 40.1 Å². The quantitative estimate of drug-likeness (QED) is 0.173. The number of benzene rings is 9. The summed E-state index contributed by atoms with van der Waals surface area (Å²) in [6, 6.07) is 70.2. The molecule has 0 bridgehead atoms. The summed E-state index contributed by atoms with van der Waals surface area (Å²) in [4.78, 5) is 16.4. The second kappa shape index (κ2) is 14.6. The minimum Gasteiger partial charge on any atom is -0.309 e. The first kappa shape index (κ1) is 39.8. The summed E-state index contributed by atoms with van der Waals surface area (Å²) in [5, 5.41) is 9.68. The van der Waals surface area contributed by atoms with E-state index in [-0.39, 0.29) is 10.8 Å². The number of nitrogens with zero attached hydrogens (tertiary/aromatic N) is 6. The third-order valence-electron chi connectivity index (χ3n) is 15.3. The predicted octanol–water partition coefficient (Wildman–Crippen LogP) is 16.0. The summed E-state index contributed by atoms with van der Waals surface area (Å²) in [6.45, 7) is 9.68. The van der Waals surface area contributed by atoms with Gasteiger partial charge in [0, 0.05) is 54.8 Å². The molecular formula is C63H48N6. The van der Waals surface area contributed by atoms with Crippen LogP contribution in [-0.2, 0) is 10.8 Å². The second-order valence-corrected chi connectivity index (χ2v) is 20.3. The molecule has 0 unspecified atom stereocenters. The Kier molecular flexibility index (Phi) is 8.40. The molecule has 9 aromatic carbocycles. The molecule has 1 aliphatic rings. The fraction of sp³-hybridized carbons (Fsp3) is 0.127. The summed E-state index contributed by atoms with van der Waals surface area (Å²) in [5.41, 5.74) is 13.7. The molecule has 0 amide bonds. The molecule has 13 aromatic rings. The molecule has 0 N–H and O–H groups in total. The van der Waals surface area contributed by atoms with E-state index in [2.05, 4.69) is 229 Å². The van der Waals surface area contributed by atoms with Crippen LogP contribution in [0.4, 0.5) is 0 Å². The lowest BCUT2D eigenvalue weighted by Gasteiger charge is -2.42. The third kappa shape index (κ3) is 5.88. The molecule has 4 heterocycles. The monoisotopic (exact) mass is 888 g/mol. The lowest BCUT2D eigenvalue weighted by molar-refractivity contribution is 0.332. The van der Waals surface area contributed by atoms with E-state index in [1.807, 2.05) is 6.07 Å². The van der Waals surface area contributed by atoms with Crippen LogP contribution in [0.25, 0.3) is 116 Å². The van der Waals surface area contributed by atoms with Crippen molar-refractivity contribution in [2.75, 3.05) is 0 Å². The molecule has 1 aliphatic carbocycles. The van der Waals surface area contributed by atoms with E-state index in [0.29, 0.717) is 17.6 Å². The van der Waals surface area contributed by atoms with Gasteiger partial charge in [-0.1, -0.05) is 143 Å². The molecule has 0 saturated carbocycles. The van der Waals surface area contributed by atoms with Gasteiger partial charge in [0.1, 0.15) is 0 Å². The molecule has 14 rings (SSSR count). The van der Waals surface area contributed by atoms with E-state index >= 15 is 0 Å². The van der Waals surface area contributed by atoms with Gasteiger partial charge in [-0.15, -0.1) is 0 Å². The van der Waals surface area contributed by atoms with Crippen molar-refractivity contribution in [3.63, 3.8) is 0 Å². The van der Waals surface area contributed by atoms with Crippen molar-refractivity contribution in [1.82, 2.24) is 28.7 Å². The van der Waals surface area contributed by atoms with Gasteiger partial charge in [0.2, 0.25) is 5.95 Å². The Labute approximate surface area is 399 Å². The zero-order chi connectivity index (χ0) is 46.2. The molecule has 0 saturated heterocycles. The zero-order valence-electron chi connectivity index (χ0n) is 39.1. The standard InChI is InChI=1S/C63H48N6/c1-62(2)34-35-63(3,4)49-38-55-47(37-48(49)62)57-53(32-33-54-58(57)56-44-25-15-14-18-39(44)28-31-52(56)68(54)43-23-12-7-13-24-43)69(55)61-65-59(40-19-8-5-9-20-40)64-60(66-61)41-29-30-51-46(36-41)45-26-16-17-27-50(45)67(51)42-21-10-6-11-22-42/h5-33,36-38H,34-35H2,1-4H3. The lowest BCUT2D eigenvalue weighted by Crippen LogP contribution is -2.33. The Morgan fingerprint density at radius 1 is 0.348 bits per heavy atom. The zero-order valence-corrected chi connectivity index (χ0v) is 39.1. The summed E-state index contributed by atoms with van der Waals surface area (Å²) < 4.78 is 7.14. The molecule has 330 valence electrons. The maximum absolute atomic E-state index is 5.57. The van der Waals surface area contributed by atoms with Gasteiger partial charge in [0.25, 0.3) is 0 Å². The molecule has 6 heteroatoms. The van der Waals surface area contributed by atoms with Crippen molar-refractivity contribution < 1.29 is 0 Å². The van der Waals surface area contributed by atoms with Crippen LogP contribution in [0.2, 0.25) is 0 Å². The van der Waals surface area contributed by atoms with Gasteiger partial charge in [-0.2, -0.15) is 9.97 Å². The molecule has 0 spiro atoms. The Morgan fingerprint density at radius 2 is 0.855 bits per heavy atom. The van der Waals surface area contributed by atoms with Crippen LogP contribution in [0, 0.1) is 0 Å². The van der Waals surface area contributed by atoms with E-state index in [1.165, 1.54) is 59.9 Å². The van der Waals surface area contributed by atoms with E-state index in [9.17, 15) is 0 Å². The van der Waals surface area contributed by atoms with Gasteiger partial charge < -0.3 is 9.13 Å². The van der Waals surface area contributed by atoms with Crippen molar-refractivity contribution >= 4 is 76.2 Å². The summed E-state index contributed by atoms with van der Waals surface area (Å²) in [6.07, 6.45) is 2.23. The van der Waals surface area contributed by atoms with E-state index in [1.54, 1.807) is 0 Å². The van der Waals surface area contributed by atoms with Gasteiger partial charge in [-0.3, -0.25) is 4.57 Å². The molecular weight excluding hydrogens is 841 g/mol. The first-order valence-electron chi connectivity index (χ1n) is 24.2. The van der Waals surface area contributed by atoms with Gasteiger partial charge in [0.05, 0.1) is 33.1 Å². The van der Waals surface area contributed by atoms with E-state index in [0.717, 1.165) is 62.8 Å². The highest BCUT2D eigenvalue weighted by molar-refractivity contribution is 6.33. The number of rotatable bonds is 5. The molecule has 0 aliphatic heterocycles. The maximum atomic E-state index is 5.57. The summed E-state index contributed by atoms with van der Waals surface area (Å²) in [5.74, 6) is 1.85. The molecule has 69 heavy (non-hydrogen) atoms. The number of hydrogen-bond donors (Lipinski definition) is 0. The van der Waals surface area contributed by atoms with Crippen LogP contribution in [0.3, 0.4) is 0 Å². The molecule has 0 radical (unpaired) electrons. The Hall–Kier alpha value is -8.35. The average Bonchev–Trinajstić information content (AvgIpc) is 4.03. The maximum Gasteiger partial charge on any atom is 0.238 e. The fourth-order valence-corrected chi connectivity index (χ4v) is 11.8. The second-order valence-electron chi connectivity index (χ2n) is 20.3. The van der Waals surface area contributed by atoms with Crippen LogP contribution >= 0.6 is 0 Å². The Bertz CT molecular complexity index is 4230. The van der Waals surface area contributed by atoms with Crippen LogP contribution in [0.15, 0.2) is 194 Å². The summed E-state index contributed by atoms with van der Waals surface area (Å²) >= 11 is 0. The average molecular weight is 889 g/mol. The van der Waals surface area contributed by atoms with E-state index < -0.39 is 0 Å². The highest BCUT2D eigenvalue weighted by Gasteiger charge is 2.38. The molecule has 0 fully saturated rings. The Balaban J connectivity index is 1.12. The first-order chi connectivity index (χ1) is 33.7. The largest absolute Gasteiger partial charge is 0.309 e. The van der Waals surface area contributed by atoms with Gasteiger partial charge in [-0.05, 0) is 124 Å². The van der Waals surface area contributed by atoms with Crippen LogP contribution < -0.4 is 0 Å². The predicted molar refractivity (Wildman–Crippen MR) is 287 cm³/mol. The number of aromatic nitrogens is 6. The number of hydrogen-bond acceptors (Lipinski definition) is 3. The molecule has 4 aromatic heterocycles. The topological polar surface area (TPSA) is 53.5 Å². The van der Waals surface area contributed by atoms with Gasteiger partial charge in [-0.25, -0.2) is 4.98 Å². The minimum atomic E-state index is -0.0248. The fourth-order valence-electron chi connectivity index (χ4n) is 11.8. The van der Waals surface area contributed by atoms with Crippen LogP contribution in [0.1, 0.15) is 51.7 Å². The minimum absolute atomic E-state index is 0.00477. The van der Waals surface area contributed by atoms with Gasteiger partial charge in [0.15, 0.2) is 11.6 Å². The number of para-hydroxylation sites is 3. The Morgan fingerprint density at radius 3 is 1.57 bits per heavy atom.